The Morgan fingerprint density at radius 2 is 1.97 bits per heavy atom. The molecule has 10 nitrogen and oxygen atoms in total. The molecule has 3 aliphatic rings. The van der Waals surface area contributed by atoms with Gasteiger partial charge in [-0.15, -0.1) is 0 Å². The molecule has 0 unspecified atom stereocenters. The summed E-state index contributed by atoms with van der Waals surface area (Å²) in [6.45, 7) is 7.19. The lowest BCUT2D eigenvalue weighted by Crippen LogP contribution is -2.37. The van der Waals surface area contributed by atoms with E-state index >= 15 is 0 Å². The van der Waals surface area contributed by atoms with Crippen molar-refractivity contribution in [3.63, 3.8) is 0 Å². The van der Waals surface area contributed by atoms with Gasteiger partial charge in [0.2, 0.25) is 5.91 Å². The van der Waals surface area contributed by atoms with Crippen molar-refractivity contribution in [2.24, 2.45) is 0 Å². The summed E-state index contributed by atoms with van der Waals surface area (Å²) in [5.74, 6) is 4.21. The van der Waals surface area contributed by atoms with Crippen molar-refractivity contribution >= 4 is 40.0 Å². The number of hydrogen-bond donors (Lipinski definition) is 3. The molecule has 2 aromatic carbocycles. The summed E-state index contributed by atoms with van der Waals surface area (Å²) < 4.78 is 10.9. The molecule has 1 amide bonds. The van der Waals surface area contributed by atoms with Crippen molar-refractivity contribution in [2.75, 3.05) is 48.9 Å². The number of anilines is 4. The molecule has 2 fully saturated rings. The van der Waals surface area contributed by atoms with Crippen LogP contribution in [-0.2, 0) is 14.9 Å². The smallest absolute Gasteiger partial charge is 0.235 e. The second kappa shape index (κ2) is 8.94. The third kappa shape index (κ3) is 3.89. The number of nitrogens with zero attached hydrogens (tertiary/aromatic N) is 4. The van der Waals surface area contributed by atoms with Crippen LogP contribution in [0.5, 0.6) is 5.75 Å². The molecule has 1 spiro atoms. The molecule has 3 N–H and O–H groups in total. The van der Waals surface area contributed by atoms with Gasteiger partial charge in [-0.2, -0.15) is 5.10 Å². The summed E-state index contributed by atoms with van der Waals surface area (Å²) in [6, 6.07) is 14.0. The maximum atomic E-state index is 13.1. The number of carbonyl (C=O) groups excluding carboxylic acids is 1. The van der Waals surface area contributed by atoms with Crippen molar-refractivity contribution in [1.29, 1.82) is 0 Å². The maximum Gasteiger partial charge on any atom is 0.235 e. The largest absolute Gasteiger partial charge is 0.497 e. The maximum absolute atomic E-state index is 13.1. The molecule has 4 aromatic rings. The first-order valence-corrected chi connectivity index (χ1v) is 13.4. The summed E-state index contributed by atoms with van der Waals surface area (Å²) in [5.41, 5.74) is 3.38. The monoisotopic (exact) mass is 525 g/mol. The van der Waals surface area contributed by atoms with Crippen LogP contribution in [0.1, 0.15) is 49.1 Å². The predicted molar refractivity (Wildman–Crippen MR) is 149 cm³/mol. The number of ether oxygens (including phenoxy) is 2. The number of methoxy groups -OCH3 is 1. The first-order chi connectivity index (χ1) is 19.0. The Morgan fingerprint density at radius 1 is 1.13 bits per heavy atom. The van der Waals surface area contributed by atoms with Gasteiger partial charge in [0.05, 0.1) is 31.3 Å². The number of carbonyl (C=O) groups is 1. The SMILES string of the molecule is COc1ccc2c(c1)[C@]1(C[C@H]1c1ccc3c(Nc4cc(N5CCOCC5)nc(C(C)C)n4)n[nH]c3c1)C(=O)N2. The molecule has 2 aliphatic heterocycles. The van der Waals surface area contributed by atoms with E-state index in [9.17, 15) is 4.79 Å². The molecule has 10 heteroatoms. The number of H-pyrrole nitrogens is 1. The molecule has 7 rings (SSSR count). The number of nitrogens with one attached hydrogen (secondary N) is 3. The van der Waals surface area contributed by atoms with Crippen molar-refractivity contribution < 1.29 is 14.3 Å². The molecular formula is C29H31N7O3. The fourth-order valence-corrected chi connectivity index (χ4v) is 5.90. The number of fused-ring (bicyclic) bond motifs is 3. The van der Waals surface area contributed by atoms with E-state index in [2.05, 4.69) is 57.8 Å². The summed E-state index contributed by atoms with van der Waals surface area (Å²) in [4.78, 5) is 24.9. The topological polar surface area (TPSA) is 117 Å². The van der Waals surface area contributed by atoms with E-state index in [4.69, 9.17) is 19.4 Å². The van der Waals surface area contributed by atoms with Gasteiger partial charge < -0.3 is 25.0 Å². The van der Waals surface area contributed by atoms with Crippen LogP contribution < -0.4 is 20.3 Å². The highest BCUT2D eigenvalue weighted by molar-refractivity contribution is 6.10. The highest BCUT2D eigenvalue weighted by Gasteiger charge is 2.65. The number of morpholine rings is 1. The van der Waals surface area contributed by atoms with Crippen LogP contribution >= 0.6 is 0 Å². The van der Waals surface area contributed by atoms with Gasteiger partial charge in [0.15, 0.2) is 5.82 Å². The number of aromatic amines is 1. The van der Waals surface area contributed by atoms with E-state index in [-0.39, 0.29) is 17.7 Å². The van der Waals surface area contributed by atoms with E-state index in [1.54, 1.807) is 7.11 Å². The highest BCUT2D eigenvalue weighted by Crippen LogP contribution is 2.65. The molecule has 1 saturated carbocycles. The third-order valence-electron chi connectivity index (χ3n) is 8.14. The van der Waals surface area contributed by atoms with E-state index in [0.29, 0.717) is 24.8 Å². The number of benzene rings is 2. The van der Waals surface area contributed by atoms with E-state index < -0.39 is 5.41 Å². The van der Waals surface area contributed by atoms with Crippen LogP contribution in [-0.4, -0.2) is 59.5 Å². The highest BCUT2D eigenvalue weighted by atomic mass is 16.5. The van der Waals surface area contributed by atoms with E-state index in [0.717, 1.165) is 64.6 Å². The first kappa shape index (κ1) is 23.9. The number of rotatable bonds is 6. The Morgan fingerprint density at radius 3 is 2.77 bits per heavy atom. The van der Waals surface area contributed by atoms with Crippen LogP contribution in [0, 0.1) is 0 Å². The molecule has 4 heterocycles. The van der Waals surface area contributed by atoms with Gasteiger partial charge in [-0.05, 0) is 47.9 Å². The zero-order chi connectivity index (χ0) is 26.7. The average Bonchev–Trinajstić information content (AvgIpc) is 3.51. The van der Waals surface area contributed by atoms with Gasteiger partial charge in [0.1, 0.15) is 23.2 Å². The normalized spacial score (nSPS) is 21.9. The van der Waals surface area contributed by atoms with Crippen LogP contribution in [0.2, 0.25) is 0 Å². The molecule has 1 aliphatic carbocycles. The fraction of sp³-hybridized carbons (Fsp3) is 0.379. The van der Waals surface area contributed by atoms with Gasteiger partial charge in [0, 0.05) is 42.1 Å². The van der Waals surface area contributed by atoms with Crippen molar-refractivity contribution in [2.45, 2.75) is 37.5 Å². The lowest BCUT2D eigenvalue weighted by atomic mass is 9.91. The summed E-state index contributed by atoms with van der Waals surface area (Å²) in [6.07, 6.45) is 0.771. The second-order valence-corrected chi connectivity index (χ2v) is 10.8. The van der Waals surface area contributed by atoms with Crippen molar-refractivity contribution in [3.8, 4) is 5.75 Å². The van der Waals surface area contributed by atoms with Gasteiger partial charge in [-0.1, -0.05) is 19.9 Å². The summed E-state index contributed by atoms with van der Waals surface area (Å²) >= 11 is 0. The standard InChI is InChI=1S/C29H31N7O3/c1-16(2)26-31-24(14-25(33-26)36-8-10-39-11-9-36)32-27-19-6-4-17(12-23(19)34-35-27)21-15-29(21)20-13-18(38-3)5-7-22(20)30-28(29)37/h4-7,12-14,16,21H,8-11,15H2,1-3H3,(H,30,37)(H2,31,32,33,34,35)/t21-,29-/m0/s1. The molecule has 200 valence electrons. The van der Waals surface area contributed by atoms with Crippen molar-refractivity contribution in [3.05, 3.63) is 59.4 Å². The van der Waals surface area contributed by atoms with Gasteiger partial charge in [-0.3, -0.25) is 9.89 Å². The van der Waals surface area contributed by atoms with Gasteiger partial charge in [0.25, 0.3) is 0 Å². The molecule has 0 bridgehead atoms. The van der Waals surface area contributed by atoms with Crippen LogP contribution in [0.25, 0.3) is 10.9 Å². The number of aromatic nitrogens is 4. The second-order valence-electron chi connectivity index (χ2n) is 10.8. The Bertz CT molecular complexity index is 1590. The Kier molecular flexibility index (Phi) is 5.48. The molecule has 39 heavy (non-hydrogen) atoms. The lowest BCUT2D eigenvalue weighted by Gasteiger charge is -2.28. The predicted octanol–water partition coefficient (Wildman–Crippen LogP) is 4.44. The summed E-state index contributed by atoms with van der Waals surface area (Å²) in [5, 5.41) is 15.2. The van der Waals surface area contributed by atoms with Gasteiger partial charge in [-0.25, -0.2) is 9.97 Å². The quantitative estimate of drug-likeness (QED) is 0.338. The minimum absolute atomic E-state index is 0.0589. The van der Waals surface area contributed by atoms with Crippen molar-refractivity contribution in [1.82, 2.24) is 20.2 Å². The first-order valence-electron chi connectivity index (χ1n) is 13.4. The zero-order valence-electron chi connectivity index (χ0n) is 22.2. The Hall–Kier alpha value is -4.18. The third-order valence-corrected chi connectivity index (χ3v) is 8.14. The number of amides is 1. The zero-order valence-corrected chi connectivity index (χ0v) is 22.2. The molecule has 0 radical (unpaired) electrons. The van der Waals surface area contributed by atoms with E-state index in [1.807, 2.05) is 24.3 Å². The van der Waals surface area contributed by atoms with Crippen LogP contribution in [0.4, 0.5) is 23.1 Å². The van der Waals surface area contributed by atoms with E-state index in [1.165, 1.54) is 0 Å². The molecule has 2 aromatic heterocycles. The fourth-order valence-electron chi connectivity index (χ4n) is 5.90. The molecular weight excluding hydrogens is 494 g/mol. The Labute approximate surface area is 226 Å². The van der Waals surface area contributed by atoms with Crippen LogP contribution in [0.3, 0.4) is 0 Å². The number of hydrogen-bond acceptors (Lipinski definition) is 8. The minimum Gasteiger partial charge on any atom is -0.497 e. The lowest BCUT2D eigenvalue weighted by molar-refractivity contribution is -0.118. The molecule has 1 saturated heterocycles. The molecule has 2 atom stereocenters. The Balaban J connectivity index is 1.17. The van der Waals surface area contributed by atoms with Crippen LogP contribution in [0.15, 0.2) is 42.5 Å². The van der Waals surface area contributed by atoms with Gasteiger partial charge >= 0.3 is 0 Å². The minimum atomic E-state index is -0.539. The average molecular weight is 526 g/mol. The summed E-state index contributed by atoms with van der Waals surface area (Å²) in [7, 11) is 1.65.